The lowest BCUT2D eigenvalue weighted by molar-refractivity contribution is 0.0895. The summed E-state index contributed by atoms with van der Waals surface area (Å²) in [5.41, 5.74) is 5.58. The molecular formula is C44H47N3O5. The standard InChI is InChI=1S/C24H28N2O2.C20H19NO3/c27-24(28-16-17-8-2-1-3-9-17)26-21-14-5-4-12-19(21)23(25-18-10-6-11-18)20-13-7-15-22(20)26;22-19-15-9-4-5-11-17(15)21(18-12-6-10-16(18)19)20(23)24-13-14-7-2-1-3-8-14/h1-5,8-9,12,14,18,20,22-23,25H,6-7,10-11,13,15-16H2;1-5,7-9,11,16,18H,6,10,12-13H2. The third-order valence-corrected chi connectivity index (χ3v) is 11.7. The van der Waals surface area contributed by atoms with Crippen molar-refractivity contribution in [2.45, 2.75) is 95.2 Å². The zero-order valence-corrected chi connectivity index (χ0v) is 29.6. The Bertz CT molecular complexity index is 1880. The minimum atomic E-state index is -0.365. The van der Waals surface area contributed by atoms with Crippen molar-refractivity contribution in [1.29, 1.82) is 0 Å². The second-order valence-corrected chi connectivity index (χ2v) is 14.8. The number of ketones is 1. The molecule has 2 amide bonds. The van der Waals surface area contributed by atoms with Gasteiger partial charge in [0.1, 0.15) is 13.2 Å². The number of rotatable bonds is 6. The molecular weight excluding hydrogens is 650 g/mol. The normalized spacial score (nSPS) is 24.3. The summed E-state index contributed by atoms with van der Waals surface area (Å²) < 4.78 is 11.3. The molecule has 8 nitrogen and oxygen atoms in total. The van der Waals surface area contributed by atoms with Gasteiger partial charge in [-0.05, 0) is 79.3 Å². The molecule has 8 heteroatoms. The fourth-order valence-corrected chi connectivity index (χ4v) is 8.97. The van der Waals surface area contributed by atoms with E-state index in [4.69, 9.17) is 9.47 Å². The van der Waals surface area contributed by atoms with Crippen molar-refractivity contribution in [1.82, 2.24) is 5.32 Å². The van der Waals surface area contributed by atoms with Crippen LogP contribution < -0.4 is 15.1 Å². The molecule has 3 fully saturated rings. The van der Waals surface area contributed by atoms with Crippen LogP contribution in [0.15, 0.2) is 109 Å². The van der Waals surface area contributed by atoms with Crippen molar-refractivity contribution in [3.63, 3.8) is 0 Å². The smallest absolute Gasteiger partial charge is 0.414 e. The first-order valence-corrected chi connectivity index (χ1v) is 19.0. The summed E-state index contributed by atoms with van der Waals surface area (Å²) in [6.07, 6.45) is 9.38. The third kappa shape index (κ3) is 6.84. The van der Waals surface area contributed by atoms with Crippen LogP contribution in [0.2, 0.25) is 0 Å². The highest BCUT2D eigenvalue weighted by Gasteiger charge is 2.48. The number of carbonyl (C=O) groups excluding carboxylic acids is 3. The molecule has 52 heavy (non-hydrogen) atoms. The van der Waals surface area contributed by atoms with E-state index in [2.05, 4.69) is 23.5 Å². The monoisotopic (exact) mass is 697 g/mol. The van der Waals surface area contributed by atoms with Crippen molar-refractivity contribution in [2.75, 3.05) is 9.80 Å². The summed E-state index contributed by atoms with van der Waals surface area (Å²) >= 11 is 0. The van der Waals surface area contributed by atoms with Gasteiger partial charge in [-0.15, -0.1) is 0 Å². The van der Waals surface area contributed by atoms with Gasteiger partial charge in [-0.2, -0.15) is 0 Å². The number of amides is 2. The minimum Gasteiger partial charge on any atom is -0.444 e. The van der Waals surface area contributed by atoms with Gasteiger partial charge in [-0.1, -0.05) is 110 Å². The Labute approximate surface area is 306 Å². The Morgan fingerprint density at radius 2 is 1.13 bits per heavy atom. The van der Waals surface area contributed by atoms with E-state index in [0.29, 0.717) is 35.9 Å². The first-order chi connectivity index (χ1) is 25.6. The minimum absolute atomic E-state index is 0.0735. The summed E-state index contributed by atoms with van der Waals surface area (Å²) in [6, 6.07) is 36.5. The van der Waals surface area contributed by atoms with Crippen LogP contribution in [0.5, 0.6) is 0 Å². The number of nitrogens with one attached hydrogen (secondary N) is 1. The molecule has 4 aromatic rings. The van der Waals surface area contributed by atoms with Crippen molar-refractivity contribution in [3.05, 3.63) is 131 Å². The average Bonchev–Trinajstić information content (AvgIpc) is 3.86. The van der Waals surface area contributed by atoms with Gasteiger partial charge in [0.2, 0.25) is 0 Å². The molecule has 0 aromatic heterocycles. The van der Waals surface area contributed by atoms with Crippen LogP contribution in [0.4, 0.5) is 21.0 Å². The molecule has 0 saturated heterocycles. The summed E-state index contributed by atoms with van der Waals surface area (Å²) in [5.74, 6) is 0.546. The van der Waals surface area contributed by atoms with Crippen LogP contribution in [0.25, 0.3) is 0 Å². The molecule has 5 atom stereocenters. The Kier molecular flexibility index (Phi) is 10.1. The molecule has 4 aromatic carbocycles. The molecule has 2 aliphatic heterocycles. The molecule has 9 rings (SSSR count). The predicted octanol–water partition coefficient (Wildman–Crippen LogP) is 9.39. The van der Waals surface area contributed by atoms with Crippen molar-refractivity contribution in [2.24, 2.45) is 11.8 Å². The van der Waals surface area contributed by atoms with Gasteiger partial charge in [0.25, 0.3) is 0 Å². The molecule has 2 heterocycles. The lowest BCUT2D eigenvalue weighted by atomic mass is 9.81. The van der Waals surface area contributed by atoms with E-state index in [1.165, 1.54) is 37.7 Å². The zero-order chi connectivity index (χ0) is 35.4. The van der Waals surface area contributed by atoms with Gasteiger partial charge in [0.15, 0.2) is 5.78 Å². The Hall–Kier alpha value is -4.95. The van der Waals surface area contributed by atoms with Gasteiger partial charge in [0, 0.05) is 29.6 Å². The molecule has 268 valence electrons. The SMILES string of the molecule is O=C(OCc1ccccc1)N1c2ccccc2C(NC2CCC2)C2CCCC21.O=C1c2ccccc2N(C(=O)OCc2ccccc2)C2CCCC12. The van der Waals surface area contributed by atoms with E-state index in [-0.39, 0.29) is 42.6 Å². The molecule has 5 unspecified atom stereocenters. The molecule has 3 aliphatic carbocycles. The summed E-state index contributed by atoms with van der Waals surface area (Å²) in [4.78, 5) is 42.3. The number of Topliss-reactive ketones (excluding diaryl/α,β-unsaturated/α-hetero) is 1. The molecule has 3 saturated carbocycles. The predicted molar refractivity (Wildman–Crippen MR) is 201 cm³/mol. The number of para-hydroxylation sites is 2. The van der Waals surface area contributed by atoms with Crippen LogP contribution in [-0.2, 0) is 22.7 Å². The second-order valence-electron chi connectivity index (χ2n) is 14.8. The number of anilines is 2. The molecule has 5 aliphatic rings. The van der Waals surface area contributed by atoms with Crippen LogP contribution in [0, 0.1) is 11.8 Å². The van der Waals surface area contributed by atoms with Crippen molar-refractivity contribution in [3.8, 4) is 0 Å². The van der Waals surface area contributed by atoms with E-state index < -0.39 is 0 Å². The van der Waals surface area contributed by atoms with Gasteiger partial charge in [-0.25, -0.2) is 9.59 Å². The summed E-state index contributed by atoms with van der Waals surface area (Å²) in [5, 5.41) is 3.92. The lowest BCUT2D eigenvalue weighted by Gasteiger charge is -2.45. The van der Waals surface area contributed by atoms with Gasteiger partial charge < -0.3 is 14.8 Å². The van der Waals surface area contributed by atoms with E-state index in [9.17, 15) is 14.4 Å². The highest BCUT2D eigenvalue weighted by atomic mass is 16.6. The number of benzene rings is 4. The molecule has 0 radical (unpaired) electrons. The topological polar surface area (TPSA) is 88.2 Å². The Balaban J connectivity index is 0.000000151. The lowest BCUT2D eigenvalue weighted by Crippen LogP contribution is -2.52. The van der Waals surface area contributed by atoms with Crippen LogP contribution >= 0.6 is 0 Å². The molecule has 0 bridgehead atoms. The van der Waals surface area contributed by atoms with E-state index in [1.807, 2.05) is 95.9 Å². The van der Waals surface area contributed by atoms with Gasteiger partial charge in [-0.3, -0.25) is 14.6 Å². The van der Waals surface area contributed by atoms with Crippen molar-refractivity contribution >= 4 is 29.3 Å². The highest BCUT2D eigenvalue weighted by molar-refractivity contribution is 6.09. The number of fused-ring (bicyclic) bond motifs is 4. The summed E-state index contributed by atoms with van der Waals surface area (Å²) in [7, 11) is 0. The van der Waals surface area contributed by atoms with Crippen molar-refractivity contribution < 1.29 is 23.9 Å². The summed E-state index contributed by atoms with van der Waals surface area (Å²) in [6.45, 7) is 0.559. The van der Waals surface area contributed by atoms with E-state index >= 15 is 0 Å². The Morgan fingerprint density at radius 3 is 1.79 bits per heavy atom. The van der Waals surface area contributed by atoms with Gasteiger partial charge in [0.05, 0.1) is 17.4 Å². The number of hydrogen-bond donors (Lipinski definition) is 1. The molecule has 0 spiro atoms. The average molecular weight is 698 g/mol. The second kappa shape index (κ2) is 15.3. The van der Waals surface area contributed by atoms with E-state index in [0.717, 1.165) is 42.5 Å². The number of carbonyl (C=O) groups is 3. The van der Waals surface area contributed by atoms with Crippen LogP contribution in [0.3, 0.4) is 0 Å². The first kappa shape index (κ1) is 34.2. The maximum Gasteiger partial charge on any atom is 0.414 e. The van der Waals surface area contributed by atoms with E-state index in [1.54, 1.807) is 4.90 Å². The van der Waals surface area contributed by atoms with Gasteiger partial charge >= 0.3 is 12.2 Å². The maximum atomic E-state index is 13.2. The fraction of sp³-hybridized carbons (Fsp3) is 0.386. The number of nitrogens with zero attached hydrogens (tertiary/aromatic N) is 2. The Morgan fingerprint density at radius 1 is 0.596 bits per heavy atom. The third-order valence-electron chi connectivity index (χ3n) is 11.7. The fourth-order valence-electron chi connectivity index (χ4n) is 8.97. The zero-order valence-electron chi connectivity index (χ0n) is 29.6. The maximum absolute atomic E-state index is 13.2. The van der Waals surface area contributed by atoms with Crippen LogP contribution in [0.1, 0.15) is 90.9 Å². The quantitative estimate of drug-likeness (QED) is 0.216. The first-order valence-electron chi connectivity index (χ1n) is 19.0. The highest BCUT2D eigenvalue weighted by Crippen LogP contribution is 2.49. The number of hydrogen-bond acceptors (Lipinski definition) is 6. The molecule has 1 N–H and O–H groups in total. The largest absolute Gasteiger partial charge is 0.444 e. The number of ether oxygens (including phenoxy) is 2. The van der Waals surface area contributed by atoms with Crippen LogP contribution in [-0.4, -0.2) is 36.1 Å².